The lowest BCUT2D eigenvalue weighted by atomic mass is 9.33. The van der Waals surface area contributed by atoms with Crippen molar-refractivity contribution in [2.24, 2.45) is 0 Å². The summed E-state index contributed by atoms with van der Waals surface area (Å²) < 4.78 is 2.62. The number of benzene rings is 8. The number of para-hydroxylation sites is 3. The van der Waals surface area contributed by atoms with E-state index < -0.39 is 0 Å². The van der Waals surface area contributed by atoms with Crippen LogP contribution in [0.2, 0.25) is 0 Å². The van der Waals surface area contributed by atoms with E-state index in [-0.39, 0.29) is 17.7 Å². The van der Waals surface area contributed by atoms with E-state index in [1.807, 2.05) is 0 Å². The quantitative estimate of drug-likeness (QED) is 0.162. The third-order valence-electron chi connectivity index (χ3n) is 15.1. The molecule has 1 aliphatic carbocycles. The lowest BCUT2D eigenvalue weighted by Crippen LogP contribution is -2.64. The first-order valence-electron chi connectivity index (χ1n) is 21.8. The highest BCUT2D eigenvalue weighted by atomic mass is 15.3. The van der Waals surface area contributed by atoms with Gasteiger partial charge in [0.15, 0.2) is 0 Å². The molecule has 4 heterocycles. The molecule has 60 heavy (non-hydrogen) atoms. The minimum atomic E-state index is -0.0721. The number of fused-ring (bicyclic) bond motifs is 10. The number of hydrogen-bond donors (Lipinski definition) is 0. The van der Waals surface area contributed by atoms with Crippen LogP contribution < -0.4 is 26.2 Å². The van der Waals surface area contributed by atoms with Crippen molar-refractivity contribution in [2.45, 2.75) is 50.5 Å². The predicted molar refractivity (Wildman–Crippen MR) is 254 cm³/mol. The van der Waals surface area contributed by atoms with Crippen LogP contribution in [0.15, 0.2) is 182 Å². The van der Waals surface area contributed by atoms with Crippen molar-refractivity contribution < 1.29 is 0 Å². The van der Waals surface area contributed by atoms with Gasteiger partial charge >= 0.3 is 0 Å². The second-order valence-corrected chi connectivity index (χ2v) is 18.0. The zero-order valence-electron chi connectivity index (χ0n) is 34.1. The fourth-order valence-corrected chi connectivity index (χ4v) is 12.2. The standard InChI is InChI=1S/C56H44BN3/c1-55-31-11-12-32-56(55,2)60-51-36-43(58(41-23-13-21-39(33-41)37-17-5-3-6-18-37)42-24-14-22-40(34-42)38-19-7-4-8-20-38)35-50-52(51)57(48-29-16-27-46(55)54(48)60)47-28-15-26-45-44-25-9-10-30-49(44)59(50)53(45)47/h3-10,13-30,33-36H,11-12,31-32H2,1-2H3. The van der Waals surface area contributed by atoms with E-state index in [0.29, 0.717) is 0 Å². The summed E-state index contributed by atoms with van der Waals surface area (Å²) in [7, 11) is 0. The summed E-state index contributed by atoms with van der Waals surface area (Å²) in [6.07, 6.45) is 4.88. The highest BCUT2D eigenvalue weighted by molar-refractivity contribution is 7.00. The van der Waals surface area contributed by atoms with Crippen molar-refractivity contribution in [3.8, 4) is 27.9 Å². The summed E-state index contributed by atoms with van der Waals surface area (Å²) in [6, 6.07) is 68.3. The second kappa shape index (κ2) is 12.4. The zero-order valence-corrected chi connectivity index (χ0v) is 34.1. The van der Waals surface area contributed by atoms with Gasteiger partial charge in [0, 0.05) is 50.1 Å². The van der Waals surface area contributed by atoms with Gasteiger partial charge in [0.05, 0.1) is 16.7 Å². The van der Waals surface area contributed by atoms with Gasteiger partial charge in [0.2, 0.25) is 0 Å². The van der Waals surface area contributed by atoms with Crippen molar-refractivity contribution in [3.63, 3.8) is 0 Å². The Hall–Kier alpha value is -6.78. The van der Waals surface area contributed by atoms with Crippen LogP contribution in [-0.4, -0.2) is 16.8 Å². The summed E-state index contributed by atoms with van der Waals surface area (Å²) in [5.74, 6) is 0. The molecular weight excluding hydrogens is 725 g/mol. The maximum Gasteiger partial charge on any atom is 0.252 e. The maximum absolute atomic E-state index is 2.85. The lowest BCUT2D eigenvalue weighted by molar-refractivity contribution is 0.195. The van der Waals surface area contributed by atoms with E-state index in [9.17, 15) is 0 Å². The molecular formula is C56H44BN3. The van der Waals surface area contributed by atoms with E-state index in [0.717, 1.165) is 23.5 Å². The number of hydrogen-bond acceptors (Lipinski definition) is 2. The van der Waals surface area contributed by atoms with Gasteiger partial charge < -0.3 is 14.4 Å². The average Bonchev–Trinajstić information content (AvgIpc) is 3.75. The predicted octanol–water partition coefficient (Wildman–Crippen LogP) is 12.5. The van der Waals surface area contributed by atoms with Gasteiger partial charge in [-0.25, -0.2) is 0 Å². The number of aromatic nitrogens is 1. The highest BCUT2D eigenvalue weighted by Gasteiger charge is 2.61. The van der Waals surface area contributed by atoms with Crippen molar-refractivity contribution in [2.75, 3.05) is 9.80 Å². The smallest absolute Gasteiger partial charge is 0.252 e. The molecule has 0 bridgehead atoms. The lowest BCUT2D eigenvalue weighted by Gasteiger charge is -2.52. The topological polar surface area (TPSA) is 11.4 Å². The van der Waals surface area contributed by atoms with Crippen molar-refractivity contribution in [1.29, 1.82) is 0 Å². The van der Waals surface area contributed by atoms with Crippen LogP contribution in [0.5, 0.6) is 0 Å². The molecule has 1 saturated carbocycles. The molecule has 2 atom stereocenters. The molecule has 9 aromatic rings. The number of nitrogens with zero attached hydrogens (tertiary/aromatic N) is 3. The molecule has 0 N–H and O–H groups in total. The summed E-state index contributed by atoms with van der Waals surface area (Å²) >= 11 is 0. The van der Waals surface area contributed by atoms with Crippen molar-refractivity contribution >= 4 is 73.3 Å². The Morgan fingerprint density at radius 2 is 1.08 bits per heavy atom. The number of rotatable bonds is 5. The van der Waals surface area contributed by atoms with Crippen molar-refractivity contribution in [3.05, 3.63) is 188 Å². The van der Waals surface area contributed by atoms with Gasteiger partial charge in [-0.15, -0.1) is 0 Å². The van der Waals surface area contributed by atoms with Gasteiger partial charge in [-0.2, -0.15) is 0 Å². The Labute approximate surface area is 352 Å². The molecule has 8 aromatic carbocycles. The average molecular weight is 770 g/mol. The third-order valence-corrected chi connectivity index (χ3v) is 15.1. The van der Waals surface area contributed by atoms with E-state index in [4.69, 9.17) is 0 Å². The molecule has 3 nitrogen and oxygen atoms in total. The van der Waals surface area contributed by atoms with Gasteiger partial charge in [-0.3, -0.25) is 0 Å². The van der Waals surface area contributed by atoms with E-state index in [2.05, 4.69) is 210 Å². The minimum absolute atomic E-state index is 0.0364. The van der Waals surface area contributed by atoms with Crippen LogP contribution in [0, 0.1) is 0 Å². The minimum Gasteiger partial charge on any atom is -0.335 e. The SMILES string of the molecule is CC12CCCCC1(C)N1c3cc(N(c4cccc(-c5ccccc5)c4)c4cccc(-c5ccccc5)c4)cc4c3B(c3cccc2c31)c1cccc2c3ccccc3n-4c12. The Morgan fingerprint density at radius 3 is 1.82 bits per heavy atom. The van der Waals surface area contributed by atoms with Crippen LogP contribution >= 0.6 is 0 Å². The Kier molecular flexibility index (Phi) is 7.04. The van der Waals surface area contributed by atoms with Crippen LogP contribution in [0.4, 0.5) is 28.4 Å². The Morgan fingerprint density at radius 1 is 0.500 bits per heavy atom. The molecule has 3 aliphatic heterocycles. The molecule has 4 heteroatoms. The summed E-state index contributed by atoms with van der Waals surface area (Å²) in [6.45, 7) is 5.28. The summed E-state index contributed by atoms with van der Waals surface area (Å²) in [5, 5.41) is 2.63. The van der Waals surface area contributed by atoms with Crippen LogP contribution in [-0.2, 0) is 5.41 Å². The van der Waals surface area contributed by atoms with Gasteiger partial charge in [-0.05, 0) is 106 Å². The summed E-state index contributed by atoms with van der Waals surface area (Å²) in [4.78, 5) is 5.37. The first-order chi connectivity index (χ1) is 29.5. The van der Waals surface area contributed by atoms with Crippen molar-refractivity contribution in [1.82, 2.24) is 4.57 Å². The molecule has 1 fully saturated rings. The van der Waals surface area contributed by atoms with Crippen LogP contribution in [0.3, 0.4) is 0 Å². The van der Waals surface area contributed by atoms with E-state index in [1.165, 1.54) is 102 Å². The second-order valence-electron chi connectivity index (χ2n) is 18.0. The molecule has 0 radical (unpaired) electrons. The maximum atomic E-state index is 2.85. The van der Waals surface area contributed by atoms with E-state index in [1.54, 1.807) is 0 Å². The molecule has 0 amide bonds. The van der Waals surface area contributed by atoms with Crippen LogP contribution in [0.1, 0.15) is 45.1 Å². The fraction of sp³-hybridized carbons (Fsp3) is 0.143. The highest BCUT2D eigenvalue weighted by Crippen LogP contribution is 2.61. The van der Waals surface area contributed by atoms with E-state index >= 15 is 0 Å². The largest absolute Gasteiger partial charge is 0.335 e. The first-order valence-corrected chi connectivity index (χ1v) is 21.8. The fourth-order valence-electron chi connectivity index (χ4n) is 12.2. The van der Waals surface area contributed by atoms with Crippen LogP contribution in [0.25, 0.3) is 49.7 Å². The normalized spacial score (nSPS) is 19.3. The molecule has 2 unspecified atom stereocenters. The van der Waals surface area contributed by atoms with Gasteiger partial charge in [-0.1, -0.05) is 159 Å². The molecule has 0 spiro atoms. The Bertz CT molecular complexity index is 3140. The van der Waals surface area contributed by atoms with Gasteiger partial charge in [0.1, 0.15) is 0 Å². The zero-order chi connectivity index (χ0) is 39.7. The van der Waals surface area contributed by atoms with Gasteiger partial charge in [0.25, 0.3) is 6.71 Å². The molecule has 0 saturated heterocycles. The third kappa shape index (κ3) is 4.46. The molecule has 13 rings (SSSR count). The monoisotopic (exact) mass is 769 g/mol. The summed E-state index contributed by atoms with van der Waals surface area (Å²) in [5.41, 5.74) is 20.7. The molecule has 286 valence electrons. The number of anilines is 5. The molecule has 4 aliphatic rings. The molecule has 1 aromatic heterocycles. The Balaban J connectivity index is 1.15. The first kappa shape index (κ1) is 34.1.